The quantitative estimate of drug-likeness (QED) is 0.185. The molecule has 10 rings (SSSR count). The van der Waals surface area contributed by atoms with Crippen molar-refractivity contribution in [3.63, 3.8) is 0 Å². The number of benzene rings is 9. The number of furan rings is 1. The molecule has 1 heterocycles. The van der Waals surface area contributed by atoms with Crippen LogP contribution in [0.15, 0.2) is 174 Å². The molecule has 1 nitrogen and oxygen atoms in total. The molecule has 0 saturated heterocycles. The van der Waals surface area contributed by atoms with Crippen molar-refractivity contribution < 1.29 is 4.42 Å². The molecule has 218 valence electrons. The molecule has 0 saturated carbocycles. The Labute approximate surface area is 271 Å². The SMILES string of the molecule is c1ccc(-c2c3ccccc3c(-c3cccc(-c4cccc5cc6c(cc45)oc4ccc5ccccc5c46)c3)c3ccccc23)cc1. The van der Waals surface area contributed by atoms with Gasteiger partial charge in [-0.2, -0.15) is 0 Å². The third-order valence-electron chi connectivity index (χ3n) is 9.82. The number of hydrogen-bond donors (Lipinski definition) is 0. The van der Waals surface area contributed by atoms with Gasteiger partial charge in [-0.25, -0.2) is 0 Å². The van der Waals surface area contributed by atoms with Crippen molar-refractivity contribution in [2.75, 3.05) is 0 Å². The first kappa shape index (κ1) is 26.1. The van der Waals surface area contributed by atoms with E-state index in [0.717, 1.165) is 16.6 Å². The van der Waals surface area contributed by atoms with Gasteiger partial charge in [0, 0.05) is 10.8 Å². The Kier molecular flexibility index (Phi) is 5.64. The lowest BCUT2D eigenvalue weighted by molar-refractivity contribution is 0.670. The van der Waals surface area contributed by atoms with Crippen molar-refractivity contribution in [2.45, 2.75) is 0 Å². The predicted molar refractivity (Wildman–Crippen MR) is 200 cm³/mol. The molecule has 0 aliphatic rings. The van der Waals surface area contributed by atoms with E-state index in [1.807, 2.05) is 0 Å². The molecule has 9 aromatic carbocycles. The molecule has 10 aromatic rings. The van der Waals surface area contributed by atoms with Crippen LogP contribution in [0, 0.1) is 0 Å². The molecule has 0 bridgehead atoms. The summed E-state index contributed by atoms with van der Waals surface area (Å²) in [5, 5.41) is 12.2. The van der Waals surface area contributed by atoms with E-state index in [1.54, 1.807) is 0 Å². The van der Waals surface area contributed by atoms with E-state index in [4.69, 9.17) is 4.42 Å². The molecule has 1 aromatic heterocycles. The second-order valence-corrected chi connectivity index (χ2v) is 12.4. The maximum Gasteiger partial charge on any atom is 0.136 e. The van der Waals surface area contributed by atoms with Crippen LogP contribution in [0.4, 0.5) is 0 Å². The summed E-state index contributed by atoms with van der Waals surface area (Å²) in [7, 11) is 0. The highest BCUT2D eigenvalue weighted by atomic mass is 16.3. The fourth-order valence-electron chi connectivity index (χ4n) is 7.77. The van der Waals surface area contributed by atoms with Crippen LogP contribution in [0.1, 0.15) is 0 Å². The van der Waals surface area contributed by atoms with E-state index in [9.17, 15) is 0 Å². The molecule has 0 N–H and O–H groups in total. The van der Waals surface area contributed by atoms with Crippen LogP contribution in [0.5, 0.6) is 0 Å². The average Bonchev–Trinajstić information content (AvgIpc) is 3.51. The summed E-state index contributed by atoms with van der Waals surface area (Å²) < 4.78 is 6.50. The van der Waals surface area contributed by atoms with Crippen molar-refractivity contribution in [1.29, 1.82) is 0 Å². The first-order valence-corrected chi connectivity index (χ1v) is 16.2. The first-order valence-electron chi connectivity index (χ1n) is 16.2. The highest BCUT2D eigenvalue weighted by Crippen LogP contribution is 2.45. The van der Waals surface area contributed by atoms with E-state index in [0.29, 0.717) is 0 Å². The third-order valence-corrected chi connectivity index (χ3v) is 9.82. The molecule has 0 amide bonds. The monoisotopic (exact) mass is 596 g/mol. The molecule has 0 radical (unpaired) electrons. The maximum absolute atomic E-state index is 6.50. The molecule has 0 spiro atoms. The van der Waals surface area contributed by atoms with Crippen molar-refractivity contribution >= 4 is 65.0 Å². The molecular formula is C46H28O. The van der Waals surface area contributed by atoms with Gasteiger partial charge in [0.2, 0.25) is 0 Å². The summed E-state index contributed by atoms with van der Waals surface area (Å²) in [5.41, 5.74) is 9.23. The lowest BCUT2D eigenvalue weighted by Crippen LogP contribution is -1.91. The van der Waals surface area contributed by atoms with Gasteiger partial charge < -0.3 is 4.42 Å². The second-order valence-electron chi connectivity index (χ2n) is 12.4. The molecule has 0 atom stereocenters. The average molecular weight is 597 g/mol. The zero-order valence-electron chi connectivity index (χ0n) is 25.6. The Balaban J connectivity index is 1.21. The highest BCUT2D eigenvalue weighted by molar-refractivity contribution is 6.23. The molecule has 0 unspecified atom stereocenters. The first-order chi connectivity index (χ1) is 23.3. The summed E-state index contributed by atoms with van der Waals surface area (Å²) in [6.07, 6.45) is 0. The molecule has 47 heavy (non-hydrogen) atoms. The van der Waals surface area contributed by atoms with Crippen molar-refractivity contribution in [3.05, 3.63) is 170 Å². The normalized spacial score (nSPS) is 11.8. The van der Waals surface area contributed by atoms with Gasteiger partial charge in [-0.3, -0.25) is 0 Å². The standard InChI is InChI=1S/C46H28O/c1-2-13-30(14-3-1)44-36-19-6-8-21-38(36)45(39-22-9-7-20-37(39)44)33-17-10-15-31(26-33)34-23-11-16-32-27-41-43(28-40(32)34)47-42-25-24-29-12-4-5-18-35(29)46(41)42/h1-28H. The smallest absolute Gasteiger partial charge is 0.136 e. The minimum Gasteiger partial charge on any atom is -0.456 e. The van der Waals surface area contributed by atoms with Gasteiger partial charge in [0.1, 0.15) is 11.2 Å². The van der Waals surface area contributed by atoms with Crippen molar-refractivity contribution in [2.24, 2.45) is 0 Å². The Bertz CT molecular complexity index is 2780. The van der Waals surface area contributed by atoms with Crippen LogP contribution in [-0.2, 0) is 0 Å². The van der Waals surface area contributed by atoms with E-state index in [2.05, 4.69) is 170 Å². The van der Waals surface area contributed by atoms with Gasteiger partial charge in [-0.1, -0.05) is 146 Å². The van der Waals surface area contributed by atoms with Gasteiger partial charge in [0.05, 0.1) is 0 Å². The van der Waals surface area contributed by atoms with Crippen molar-refractivity contribution in [1.82, 2.24) is 0 Å². The van der Waals surface area contributed by atoms with Gasteiger partial charge in [0.15, 0.2) is 0 Å². The Morgan fingerprint density at radius 1 is 0.298 bits per heavy atom. The van der Waals surface area contributed by atoms with E-state index in [-0.39, 0.29) is 0 Å². The largest absolute Gasteiger partial charge is 0.456 e. The Morgan fingerprint density at radius 2 is 0.872 bits per heavy atom. The summed E-state index contributed by atoms with van der Waals surface area (Å²) in [6, 6.07) is 61.5. The van der Waals surface area contributed by atoms with E-state index >= 15 is 0 Å². The van der Waals surface area contributed by atoms with E-state index < -0.39 is 0 Å². The Hall–Kier alpha value is -6.18. The van der Waals surface area contributed by atoms with Crippen LogP contribution < -0.4 is 0 Å². The van der Waals surface area contributed by atoms with Gasteiger partial charge in [-0.15, -0.1) is 0 Å². The fourth-order valence-corrected chi connectivity index (χ4v) is 7.77. The molecular weight excluding hydrogens is 569 g/mol. The van der Waals surface area contributed by atoms with Crippen LogP contribution >= 0.6 is 0 Å². The van der Waals surface area contributed by atoms with Crippen LogP contribution in [0.2, 0.25) is 0 Å². The predicted octanol–water partition coefficient (Wildman–Crippen LogP) is 13.2. The van der Waals surface area contributed by atoms with Gasteiger partial charge in [0.25, 0.3) is 0 Å². The minimum atomic E-state index is 0.918. The van der Waals surface area contributed by atoms with Crippen LogP contribution in [0.3, 0.4) is 0 Å². The molecule has 0 aliphatic heterocycles. The molecule has 0 fully saturated rings. The summed E-state index contributed by atoms with van der Waals surface area (Å²) in [6.45, 7) is 0. The fraction of sp³-hybridized carbons (Fsp3) is 0. The number of rotatable bonds is 3. The maximum atomic E-state index is 6.50. The summed E-state index contributed by atoms with van der Waals surface area (Å²) in [5.74, 6) is 0. The Morgan fingerprint density at radius 3 is 1.62 bits per heavy atom. The molecule has 0 aliphatic carbocycles. The number of fused-ring (bicyclic) bond motifs is 8. The van der Waals surface area contributed by atoms with Crippen molar-refractivity contribution in [3.8, 4) is 33.4 Å². The minimum absolute atomic E-state index is 0.918. The van der Waals surface area contributed by atoms with E-state index in [1.165, 1.54) is 81.9 Å². The van der Waals surface area contributed by atoms with Gasteiger partial charge in [-0.05, 0) is 101 Å². The summed E-state index contributed by atoms with van der Waals surface area (Å²) in [4.78, 5) is 0. The lowest BCUT2D eigenvalue weighted by Gasteiger charge is -2.18. The second kappa shape index (κ2) is 10.2. The highest BCUT2D eigenvalue weighted by Gasteiger charge is 2.18. The van der Waals surface area contributed by atoms with Gasteiger partial charge >= 0.3 is 0 Å². The van der Waals surface area contributed by atoms with Crippen LogP contribution in [0.25, 0.3) is 98.4 Å². The zero-order valence-corrected chi connectivity index (χ0v) is 25.6. The van der Waals surface area contributed by atoms with Crippen LogP contribution in [-0.4, -0.2) is 0 Å². The number of hydrogen-bond acceptors (Lipinski definition) is 1. The zero-order chi connectivity index (χ0) is 30.9. The lowest BCUT2D eigenvalue weighted by atomic mass is 9.85. The third kappa shape index (κ3) is 3.97. The topological polar surface area (TPSA) is 13.1 Å². The molecule has 1 heteroatoms. The summed E-state index contributed by atoms with van der Waals surface area (Å²) >= 11 is 0.